The average molecular weight is 367 g/mol. The van der Waals surface area contributed by atoms with E-state index in [2.05, 4.69) is 31.2 Å². The zero-order chi connectivity index (χ0) is 18.8. The highest BCUT2D eigenvalue weighted by molar-refractivity contribution is 5.26. The van der Waals surface area contributed by atoms with Crippen molar-refractivity contribution in [2.24, 2.45) is 5.92 Å². The fourth-order valence-corrected chi connectivity index (χ4v) is 3.93. The lowest BCUT2D eigenvalue weighted by Crippen LogP contribution is -2.12. The van der Waals surface area contributed by atoms with Crippen LogP contribution in [0.4, 0.5) is 13.2 Å². The molecule has 146 valence electrons. The first-order chi connectivity index (χ1) is 12.5. The van der Waals surface area contributed by atoms with Gasteiger partial charge in [0.05, 0.1) is 6.42 Å². The molecule has 0 amide bonds. The molecule has 0 radical (unpaired) electrons. The van der Waals surface area contributed by atoms with E-state index >= 15 is 0 Å². The van der Waals surface area contributed by atoms with Gasteiger partial charge in [0.2, 0.25) is 0 Å². The Hall–Kier alpha value is -1.25. The minimum atomic E-state index is -4.08. The van der Waals surface area contributed by atoms with E-state index < -0.39 is 12.6 Å². The Labute approximate surface area is 156 Å². The third-order valence-electron chi connectivity index (χ3n) is 5.55. The van der Waals surface area contributed by atoms with Crippen molar-refractivity contribution in [2.75, 3.05) is 0 Å². The van der Waals surface area contributed by atoms with Gasteiger partial charge in [0.1, 0.15) is 0 Å². The molecule has 1 fully saturated rings. The number of aryl methyl sites for hydroxylation is 1. The van der Waals surface area contributed by atoms with Crippen LogP contribution < -0.4 is 0 Å². The van der Waals surface area contributed by atoms with Gasteiger partial charge >= 0.3 is 6.18 Å². The molecule has 26 heavy (non-hydrogen) atoms. The Bertz CT molecular complexity index is 519. The molecule has 3 heteroatoms. The number of alkyl halides is 3. The summed E-state index contributed by atoms with van der Waals surface area (Å²) in [5, 5.41) is 0. The van der Waals surface area contributed by atoms with E-state index in [4.69, 9.17) is 0 Å². The summed E-state index contributed by atoms with van der Waals surface area (Å²) in [4.78, 5) is 0. The Balaban J connectivity index is 1.72. The molecule has 0 aliphatic heterocycles. The van der Waals surface area contributed by atoms with Crippen molar-refractivity contribution in [1.82, 2.24) is 0 Å². The third-order valence-corrected chi connectivity index (χ3v) is 5.55. The van der Waals surface area contributed by atoms with Gasteiger partial charge in [-0.3, -0.25) is 0 Å². The maximum absolute atomic E-state index is 12.2. The summed E-state index contributed by atoms with van der Waals surface area (Å²) in [6.45, 7) is 2.24. The second-order valence-corrected chi connectivity index (χ2v) is 7.76. The molecule has 0 aromatic heterocycles. The van der Waals surface area contributed by atoms with E-state index in [9.17, 15) is 13.2 Å². The summed E-state index contributed by atoms with van der Waals surface area (Å²) in [7, 11) is 0. The Kier molecular flexibility index (Phi) is 8.74. The van der Waals surface area contributed by atoms with Crippen molar-refractivity contribution < 1.29 is 13.2 Å². The minimum absolute atomic E-state index is 0.316. The number of hydrogen-bond acceptors (Lipinski definition) is 0. The van der Waals surface area contributed by atoms with E-state index in [1.807, 2.05) is 0 Å². The van der Waals surface area contributed by atoms with E-state index in [0.717, 1.165) is 25.7 Å². The lowest BCUT2D eigenvalue weighted by molar-refractivity contribution is -0.125. The second kappa shape index (κ2) is 10.8. The second-order valence-electron chi connectivity index (χ2n) is 7.76. The number of unbranched alkanes of at least 4 members (excludes halogenated alkanes) is 4. The molecular weight excluding hydrogens is 333 g/mol. The lowest BCUT2D eigenvalue weighted by atomic mass is 9.78. The molecule has 1 aromatic carbocycles. The van der Waals surface area contributed by atoms with Gasteiger partial charge < -0.3 is 0 Å². The van der Waals surface area contributed by atoms with Crippen LogP contribution >= 0.6 is 0 Å². The first-order valence-corrected chi connectivity index (χ1v) is 10.3. The topological polar surface area (TPSA) is 0 Å². The Morgan fingerprint density at radius 3 is 2.19 bits per heavy atom. The van der Waals surface area contributed by atoms with Gasteiger partial charge in [0.25, 0.3) is 0 Å². The summed E-state index contributed by atoms with van der Waals surface area (Å²) in [5.74, 6) is 0.886. The summed E-state index contributed by atoms with van der Waals surface area (Å²) >= 11 is 0. The third kappa shape index (κ3) is 7.97. The van der Waals surface area contributed by atoms with Crippen molar-refractivity contribution >= 4 is 0 Å². The SMILES string of the molecule is CCCCCCCc1ccc(C2CCC(C=CCC(F)(F)F)CC2)cc1. The molecule has 1 aliphatic carbocycles. The molecule has 0 nitrogen and oxygen atoms in total. The fraction of sp³-hybridized carbons (Fsp3) is 0.652. The summed E-state index contributed by atoms with van der Waals surface area (Å²) < 4.78 is 36.6. The molecule has 2 rings (SSSR count). The van der Waals surface area contributed by atoms with Gasteiger partial charge in [0, 0.05) is 0 Å². The molecule has 0 saturated heterocycles. The number of allylic oxidation sites excluding steroid dienone is 2. The average Bonchev–Trinajstić information content (AvgIpc) is 2.62. The zero-order valence-electron chi connectivity index (χ0n) is 16.0. The number of hydrogen-bond donors (Lipinski definition) is 0. The maximum Gasteiger partial charge on any atom is 0.392 e. The fourth-order valence-electron chi connectivity index (χ4n) is 3.93. The summed E-state index contributed by atoms with van der Waals surface area (Å²) in [6, 6.07) is 9.08. The quantitative estimate of drug-likeness (QED) is 0.307. The highest BCUT2D eigenvalue weighted by Gasteiger charge is 2.25. The van der Waals surface area contributed by atoms with E-state index in [0.29, 0.717) is 11.8 Å². The number of halogens is 3. The van der Waals surface area contributed by atoms with Crippen molar-refractivity contribution in [1.29, 1.82) is 0 Å². The van der Waals surface area contributed by atoms with Crippen molar-refractivity contribution in [3.8, 4) is 0 Å². The van der Waals surface area contributed by atoms with Crippen LogP contribution in [0.1, 0.15) is 88.2 Å². The number of benzene rings is 1. The van der Waals surface area contributed by atoms with Gasteiger partial charge in [-0.25, -0.2) is 0 Å². The van der Waals surface area contributed by atoms with Crippen LogP contribution in [0.15, 0.2) is 36.4 Å². The van der Waals surface area contributed by atoms with Crippen molar-refractivity contribution in [3.05, 3.63) is 47.5 Å². The Morgan fingerprint density at radius 1 is 0.923 bits per heavy atom. The first-order valence-electron chi connectivity index (χ1n) is 10.3. The van der Waals surface area contributed by atoms with Crippen LogP contribution in [0.5, 0.6) is 0 Å². The standard InChI is InChI=1S/C23H33F3/c1-2-3-4-5-6-8-19-10-14-21(15-11-19)22-16-12-20(13-17-22)9-7-18-23(24,25)26/h7,9-11,14-15,20,22H,2-6,8,12-13,16-18H2,1H3. The molecule has 1 saturated carbocycles. The van der Waals surface area contributed by atoms with Crippen molar-refractivity contribution in [3.63, 3.8) is 0 Å². The first kappa shape index (κ1) is 21.1. The van der Waals surface area contributed by atoms with Crippen LogP contribution in [0.3, 0.4) is 0 Å². The molecule has 0 unspecified atom stereocenters. The monoisotopic (exact) mass is 366 g/mol. The van der Waals surface area contributed by atoms with Crippen LogP contribution in [0.25, 0.3) is 0 Å². The molecule has 0 N–H and O–H groups in total. The van der Waals surface area contributed by atoms with E-state index in [-0.39, 0.29) is 0 Å². The predicted molar refractivity (Wildman–Crippen MR) is 103 cm³/mol. The van der Waals surface area contributed by atoms with Crippen LogP contribution in [-0.4, -0.2) is 6.18 Å². The van der Waals surface area contributed by atoms with Gasteiger partial charge in [-0.1, -0.05) is 69.0 Å². The zero-order valence-corrected chi connectivity index (χ0v) is 16.0. The summed E-state index contributed by atoms with van der Waals surface area (Å²) in [6.07, 6.45) is 10.1. The van der Waals surface area contributed by atoms with E-state index in [1.54, 1.807) is 6.08 Å². The van der Waals surface area contributed by atoms with Gasteiger partial charge in [0.15, 0.2) is 0 Å². The molecular formula is C23H33F3. The molecule has 1 aliphatic rings. The maximum atomic E-state index is 12.2. The predicted octanol–water partition coefficient (Wildman–Crippen LogP) is 7.98. The molecule has 0 heterocycles. The molecule has 0 bridgehead atoms. The van der Waals surface area contributed by atoms with Crippen LogP contribution in [0.2, 0.25) is 0 Å². The van der Waals surface area contributed by atoms with Crippen LogP contribution in [0, 0.1) is 5.92 Å². The van der Waals surface area contributed by atoms with Gasteiger partial charge in [-0.05, 0) is 61.5 Å². The van der Waals surface area contributed by atoms with Gasteiger partial charge in [-0.15, -0.1) is 0 Å². The van der Waals surface area contributed by atoms with Crippen LogP contribution in [-0.2, 0) is 6.42 Å². The molecule has 1 aromatic rings. The highest BCUT2D eigenvalue weighted by atomic mass is 19.4. The highest BCUT2D eigenvalue weighted by Crippen LogP contribution is 2.36. The minimum Gasteiger partial charge on any atom is -0.171 e. The Morgan fingerprint density at radius 2 is 1.58 bits per heavy atom. The molecule has 0 atom stereocenters. The van der Waals surface area contributed by atoms with Crippen molar-refractivity contribution in [2.45, 2.75) is 89.6 Å². The normalized spacial score (nSPS) is 21.4. The lowest BCUT2D eigenvalue weighted by Gasteiger charge is -2.27. The van der Waals surface area contributed by atoms with Gasteiger partial charge in [-0.2, -0.15) is 13.2 Å². The number of rotatable bonds is 9. The smallest absolute Gasteiger partial charge is 0.171 e. The van der Waals surface area contributed by atoms with E-state index in [1.165, 1.54) is 55.7 Å². The largest absolute Gasteiger partial charge is 0.392 e. The molecule has 0 spiro atoms. The summed E-state index contributed by atoms with van der Waals surface area (Å²) in [5.41, 5.74) is 2.83.